The summed E-state index contributed by atoms with van der Waals surface area (Å²) in [6, 6.07) is 31.5. The van der Waals surface area contributed by atoms with Crippen molar-refractivity contribution in [1.29, 1.82) is 0 Å². The van der Waals surface area contributed by atoms with E-state index in [1.807, 2.05) is 97.1 Å². The smallest absolute Gasteiger partial charge is 0.409 e. The highest BCUT2D eigenvalue weighted by atomic mass is 16.6. The highest BCUT2D eigenvalue weighted by molar-refractivity contribution is 5.82. The van der Waals surface area contributed by atoms with Crippen LogP contribution < -0.4 is 10.6 Å². The van der Waals surface area contributed by atoms with E-state index in [-0.39, 0.29) is 51.1 Å². The van der Waals surface area contributed by atoms with Gasteiger partial charge in [0.15, 0.2) is 0 Å². The Bertz CT molecular complexity index is 1730. The average molecular weight is 707 g/mol. The fourth-order valence-corrected chi connectivity index (χ4v) is 6.47. The van der Waals surface area contributed by atoms with Gasteiger partial charge in [0, 0.05) is 11.8 Å². The molecule has 2 aliphatic rings. The number of carbonyl (C=O) groups excluding carboxylic acids is 4. The Labute approximate surface area is 300 Å². The van der Waals surface area contributed by atoms with Gasteiger partial charge in [0.05, 0.1) is 13.2 Å². The van der Waals surface area contributed by atoms with Crippen molar-refractivity contribution in [2.45, 2.75) is 37.1 Å². The van der Waals surface area contributed by atoms with E-state index < -0.39 is 36.6 Å². The summed E-state index contributed by atoms with van der Waals surface area (Å²) in [4.78, 5) is 48.9. The fraction of sp³-hybridized carbons (Fsp3) is 0.250. The third-order valence-electron chi connectivity index (χ3n) is 8.87. The standard InChI is InChI=1S/C40H38N2O10/c43-35(41-39(47)51-23-33-29-17-7-3-13-25(29)26-14-4-8-18-30(26)33)37(45)49-21-11-1-2-12-22-50-38(46)36(44)42-40(48)52-24-34-31-19-9-5-15-27(31)28-16-6-10-20-32(28)34/h1-10,13-20,33-36,43-44H,11-12,21-24H2,(H,41,47)(H,42,48)/t35-,36-/m0/s1. The molecule has 12 nitrogen and oxygen atoms in total. The Morgan fingerprint density at radius 3 is 1.15 bits per heavy atom. The molecule has 268 valence electrons. The van der Waals surface area contributed by atoms with Gasteiger partial charge in [-0.1, -0.05) is 109 Å². The summed E-state index contributed by atoms with van der Waals surface area (Å²) in [5, 5.41) is 24.3. The minimum absolute atomic E-state index is 0.0236. The van der Waals surface area contributed by atoms with Crippen molar-refractivity contribution in [2.75, 3.05) is 26.4 Å². The van der Waals surface area contributed by atoms with Crippen LogP contribution in [0.5, 0.6) is 0 Å². The number of alkyl carbamates (subject to hydrolysis) is 2. The highest BCUT2D eigenvalue weighted by Crippen LogP contribution is 2.45. The molecule has 6 rings (SSSR count). The van der Waals surface area contributed by atoms with Crippen molar-refractivity contribution in [2.24, 2.45) is 0 Å². The Morgan fingerprint density at radius 2 is 0.827 bits per heavy atom. The second-order valence-electron chi connectivity index (χ2n) is 12.1. The third-order valence-corrected chi connectivity index (χ3v) is 8.87. The first-order valence-corrected chi connectivity index (χ1v) is 16.9. The van der Waals surface area contributed by atoms with Gasteiger partial charge in [-0.05, 0) is 57.3 Å². The number of rotatable bonds is 14. The Kier molecular flexibility index (Phi) is 11.6. The van der Waals surface area contributed by atoms with Crippen molar-refractivity contribution in [3.63, 3.8) is 0 Å². The maximum atomic E-state index is 12.3. The number of aliphatic hydroxyl groups excluding tert-OH is 2. The number of ether oxygens (including phenoxy) is 4. The molecule has 2 atom stereocenters. The molecule has 0 saturated heterocycles. The van der Waals surface area contributed by atoms with Gasteiger partial charge in [0.2, 0.25) is 12.5 Å². The molecule has 4 aromatic carbocycles. The highest BCUT2D eigenvalue weighted by Gasteiger charge is 2.31. The van der Waals surface area contributed by atoms with Crippen molar-refractivity contribution >= 4 is 24.1 Å². The van der Waals surface area contributed by atoms with E-state index in [4.69, 9.17) is 18.9 Å². The number of amides is 2. The number of carbonyl (C=O) groups is 4. The quantitative estimate of drug-likeness (QED) is 0.0454. The lowest BCUT2D eigenvalue weighted by molar-refractivity contribution is -0.155. The van der Waals surface area contributed by atoms with Crippen LogP contribution in [0.2, 0.25) is 0 Å². The summed E-state index contributed by atoms with van der Waals surface area (Å²) in [5.41, 5.74) is 8.42. The third kappa shape index (κ3) is 8.31. The van der Waals surface area contributed by atoms with E-state index in [1.165, 1.54) is 0 Å². The number of hydrogen-bond acceptors (Lipinski definition) is 10. The van der Waals surface area contributed by atoms with Crippen LogP contribution in [0.25, 0.3) is 22.3 Å². The first kappa shape index (κ1) is 35.8. The van der Waals surface area contributed by atoms with E-state index in [9.17, 15) is 29.4 Å². The van der Waals surface area contributed by atoms with Gasteiger partial charge in [-0.25, -0.2) is 19.2 Å². The molecule has 0 bridgehead atoms. The number of aliphatic hydroxyl groups is 2. The maximum Gasteiger partial charge on any atom is 0.409 e. The molecule has 0 unspecified atom stereocenters. The molecule has 0 aliphatic heterocycles. The Balaban J connectivity index is 0.822. The molecule has 0 saturated carbocycles. The van der Waals surface area contributed by atoms with E-state index in [0.29, 0.717) is 0 Å². The number of esters is 2. The van der Waals surface area contributed by atoms with E-state index in [1.54, 1.807) is 12.2 Å². The van der Waals surface area contributed by atoms with Crippen molar-refractivity contribution in [3.8, 4) is 22.3 Å². The predicted octanol–water partition coefficient (Wildman–Crippen LogP) is 5.12. The van der Waals surface area contributed by atoms with Crippen LogP contribution in [-0.4, -0.2) is 73.2 Å². The normalized spacial score (nSPS) is 14.0. The van der Waals surface area contributed by atoms with Crippen LogP contribution in [0.1, 0.15) is 46.9 Å². The summed E-state index contributed by atoms with van der Waals surface area (Å²) in [7, 11) is 0. The molecule has 0 fully saturated rings. The van der Waals surface area contributed by atoms with Crippen molar-refractivity contribution in [3.05, 3.63) is 131 Å². The van der Waals surface area contributed by atoms with Crippen molar-refractivity contribution in [1.82, 2.24) is 10.6 Å². The van der Waals surface area contributed by atoms with E-state index >= 15 is 0 Å². The number of hydrogen-bond donors (Lipinski definition) is 4. The fourth-order valence-electron chi connectivity index (χ4n) is 6.47. The van der Waals surface area contributed by atoms with E-state index in [0.717, 1.165) is 44.5 Å². The molecule has 0 spiro atoms. The van der Waals surface area contributed by atoms with Crippen LogP contribution >= 0.6 is 0 Å². The largest absolute Gasteiger partial charge is 0.462 e. The monoisotopic (exact) mass is 706 g/mol. The molecule has 52 heavy (non-hydrogen) atoms. The van der Waals surface area contributed by atoms with Gasteiger partial charge in [0.25, 0.3) is 0 Å². The summed E-state index contributed by atoms with van der Waals surface area (Å²) >= 11 is 0. The molecule has 4 aromatic rings. The minimum atomic E-state index is -1.91. The molecule has 12 heteroatoms. The first-order chi connectivity index (χ1) is 25.3. The van der Waals surface area contributed by atoms with Gasteiger partial charge in [-0.2, -0.15) is 0 Å². The molecule has 0 aromatic heterocycles. The van der Waals surface area contributed by atoms with Gasteiger partial charge in [-0.15, -0.1) is 0 Å². The second-order valence-corrected chi connectivity index (χ2v) is 12.1. The summed E-state index contributed by atoms with van der Waals surface area (Å²) < 4.78 is 20.7. The van der Waals surface area contributed by atoms with E-state index in [2.05, 4.69) is 10.6 Å². The Hall–Kier alpha value is -5.98. The average Bonchev–Trinajstić information content (AvgIpc) is 3.66. The molecule has 2 aliphatic carbocycles. The van der Waals surface area contributed by atoms with Crippen LogP contribution in [-0.2, 0) is 28.5 Å². The van der Waals surface area contributed by atoms with Crippen LogP contribution in [0.4, 0.5) is 9.59 Å². The number of nitrogens with one attached hydrogen (secondary N) is 2. The minimum Gasteiger partial charge on any atom is -0.462 e. The second kappa shape index (κ2) is 16.8. The van der Waals surface area contributed by atoms with Crippen LogP contribution in [0.15, 0.2) is 109 Å². The van der Waals surface area contributed by atoms with Gasteiger partial charge < -0.3 is 29.2 Å². The number of fused-ring (bicyclic) bond motifs is 6. The first-order valence-electron chi connectivity index (χ1n) is 16.9. The molecular weight excluding hydrogens is 668 g/mol. The molecular formula is C40H38N2O10. The van der Waals surface area contributed by atoms with Crippen LogP contribution in [0, 0.1) is 0 Å². The topological polar surface area (TPSA) is 170 Å². The molecule has 0 heterocycles. The SMILES string of the molecule is O=C(N[C@@H](O)C(=O)OCCC=CCCOC(=O)[C@H](O)NC(=O)OCC1c2ccccc2-c2ccccc21)OCC1c2ccccc2-c2ccccc21. The summed E-state index contributed by atoms with van der Waals surface area (Å²) in [6.07, 6.45) is -1.85. The Morgan fingerprint density at radius 1 is 0.519 bits per heavy atom. The zero-order chi connectivity index (χ0) is 36.5. The summed E-state index contributed by atoms with van der Waals surface area (Å²) in [6.45, 7) is -0.117. The van der Waals surface area contributed by atoms with Gasteiger partial charge in [0.1, 0.15) is 13.2 Å². The summed E-state index contributed by atoms with van der Waals surface area (Å²) in [5.74, 6) is -2.44. The lowest BCUT2D eigenvalue weighted by Crippen LogP contribution is -2.42. The lowest BCUT2D eigenvalue weighted by Gasteiger charge is -2.16. The van der Waals surface area contributed by atoms with Crippen molar-refractivity contribution < 1.29 is 48.3 Å². The predicted molar refractivity (Wildman–Crippen MR) is 189 cm³/mol. The van der Waals surface area contributed by atoms with Gasteiger partial charge >= 0.3 is 24.1 Å². The zero-order valence-corrected chi connectivity index (χ0v) is 28.1. The molecule has 0 radical (unpaired) electrons. The van der Waals surface area contributed by atoms with Crippen LogP contribution in [0.3, 0.4) is 0 Å². The lowest BCUT2D eigenvalue weighted by atomic mass is 9.98. The zero-order valence-electron chi connectivity index (χ0n) is 28.1. The molecule has 4 N–H and O–H groups in total. The molecule has 2 amide bonds. The number of benzene rings is 4. The van der Waals surface area contributed by atoms with Gasteiger partial charge in [-0.3, -0.25) is 10.6 Å². The maximum absolute atomic E-state index is 12.3.